The Morgan fingerprint density at radius 2 is 2.09 bits per heavy atom. The van der Waals surface area contributed by atoms with Crippen LogP contribution in [0.4, 0.5) is 0 Å². The van der Waals surface area contributed by atoms with Gasteiger partial charge in [0.2, 0.25) is 0 Å². The summed E-state index contributed by atoms with van der Waals surface area (Å²) in [6.45, 7) is 1.57. The fourth-order valence-electron chi connectivity index (χ4n) is 3.55. The van der Waals surface area contributed by atoms with Crippen LogP contribution in [0, 0.1) is 22.7 Å². The standard InChI is InChI=1S/C18H22N2O2/c19-11-15-4-6-16(7-5-15)17(22)20-9-1-8-18(12-20,13-21)10-14-2-3-14/h4-7,14,21H,1-3,8-10,12-13H2/t18-/m1/s1. The topological polar surface area (TPSA) is 64.3 Å². The third-order valence-electron chi connectivity index (χ3n) is 4.96. The molecule has 0 spiro atoms. The second-order valence-electron chi connectivity index (χ2n) is 6.83. The quantitative estimate of drug-likeness (QED) is 0.929. The normalized spacial score (nSPS) is 24.8. The van der Waals surface area contributed by atoms with Crippen LogP contribution < -0.4 is 0 Å². The predicted molar refractivity (Wildman–Crippen MR) is 83.2 cm³/mol. The monoisotopic (exact) mass is 298 g/mol. The van der Waals surface area contributed by atoms with Crippen LogP contribution in [0.1, 0.15) is 48.0 Å². The fraction of sp³-hybridized carbons (Fsp3) is 0.556. The molecule has 1 heterocycles. The molecule has 0 aromatic heterocycles. The zero-order chi connectivity index (χ0) is 15.6. The van der Waals surface area contributed by atoms with Crippen LogP contribution in [0.3, 0.4) is 0 Å². The lowest BCUT2D eigenvalue weighted by Gasteiger charge is -2.42. The molecule has 3 rings (SSSR count). The van der Waals surface area contributed by atoms with E-state index in [1.807, 2.05) is 4.90 Å². The summed E-state index contributed by atoms with van der Waals surface area (Å²) < 4.78 is 0. The highest BCUT2D eigenvalue weighted by molar-refractivity contribution is 5.94. The molecular formula is C18H22N2O2. The molecule has 0 unspecified atom stereocenters. The van der Waals surface area contributed by atoms with Crippen LogP contribution in [0.25, 0.3) is 0 Å². The molecule has 1 saturated heterocycles. The average Bonchev–Trinajstić information content (AvgIpc) is 3.38. The van der Waals surface area contributed by atoms with E-state index in [1.165, 1.54) is 12.8 Å². The van der Waals surface area contributed by atoms with Gasteiger partial charge in [0.15, 0.2) is 0 Å². The second-order valence-corrected chi connectivity index (χ2v) is 6.83. The summed E-state index contributed by atoms with van der Waals surface area (Å²) >= 11 is 0. The Bertz CT molecular complexity index is 586. The largest absolute Gasteiger partial charge is 0.396 e. The average molecular weight is 298 g/mol. The van der Waals surface area contributed by atoms with Crippen LogP contribution in [-0.4, -0.2) is 35.6 Å². The molecule has 1 saturated carbocycles. The van der Waals surface area contributed by atoms with Crippen molar-refractivity contribution in [2.24, 2.45) is 11.3 Å². The minimum atomic E-state index is -0.109. The maximum Gasteiger partial charge on any atom is 0.253 e. The molecule has 1 aromatic carbocycles. The summed E-state index contributed by atoms with van der Waals surface area (Å²) in [5.41, 5.74) is 1.08. The number of benzene rings is 1. The molecule has 0 bridgehead atoms. The van der Waals surface area contributed by atoms with E-state index >= 15 is 0 Å². The minimum absolute atomic E-state index is 0.0119. The van der Waals surface area contributed by atoms with E-state index in [-0.39, 0.29) is 17.9 Å². The summed E-state index contributed by atoms with van der Waals surface area (Å²) in [4.78, 5) is 14.5. The number of amides is 1. The third kappa shape index (κ3) is 3.15. The Labute approximate surface area is 131 Å². The van der Waals surface area contributed by atoms with Crippen molar-refractivity contribution in [3.63, 3.8) is 0 Å². The van der Waals surface area contributed by atoms with Crippen LogP contribution in [0.15, 0.2) is 24.3 Å². The summed E-state index contributed by atoms with van der Waals surface area (Å²) in [5, 5.41) is 18.7. The van der Waals surface area contributed by atoms with Crippen molar-refractivity contribution < 1.29 is 9.90 Å². The van der Waals surface area contributed by atoms with Gasteiger partial charge in [-0.2, -0.15) is 5.26 Å². The van der Waals surface area contributed by atoms with Crippen LogP contribution in [0.5, 0.6) is 0 Å². The van der Waals surface area contributed by atoms with Gasteiger partial charge < -0.3 is 10.0 Å². The molecule has 0 radical (unpaired) electrons. The lowest BCUT2D eigenvalue weighted by atomic mass is 9.76. The molecular weight excluding hydrogens is 276 g/mol. The van der Waals surface area contributed by atoms with Crippen molar-refractivity contribution in [1.29, 1.82) is 5.26 Å². The third-order valence-corrected chi connectivity index (χ3v) is 4.96. The number of carbonyl (C=O) groups excluding carboxylic acids is 1. The first-order valence-corrected chi connectivity index (χ1v) is 8.06. The fourth-order valence-corrected chi connectivity index (χ4v) is 3.55. The van der Waals surface area contributed by atoms with Gasteiger partial charge in [-0.25, -0.2) is 0 Å². The van der Waals surface area contributed by atoms with Gasteiger partial charge in [-0.15, -0.1) is 0 Å². The predicted octanol–water partition coefficient (Wildman–Crippen LogP) is 2.57. The van der Waals surface area contributed by atoms with Crippen molar-refractivity contribution in [2.45, 2.75) is 32.1 Å². The van der Waals surface area contributed by atoms with E-state index in [4.69, 9.17) is 5.26 Å². The number of nitrogens with zero attached hydrogens (tertiary/aromatic N) is 2. The number of carbonyl (C=O) groups is 1. The minimum Gasteiger partial charge on any atom is -0.396 e. The first kappa shape index (κ1) is 15.1. The van der Waals surface area contributed by atoms with E-state index in [0.717, 1.165) is 31.7 Å². The maximum atomic E-state index is 12.7. The van der Waals surface area contributed by atoms with Gasteiger partial charge in [-0.3, -0.25) is 4.79 Å². The molecule has 116 valence electrons. The Hall–Kier alpha value is -1.86. The van der Waals surface area contributed by atoms with Gasteiger partial charge in [-0.1, -0.05) is 12.8 Å². The highest BCUT2D eigenvalue weighted by Gasteiger charge is 2.41. The van der Waals surface area contributed by atoms with Crippen molar-refractivity contribution in [3.8, 4) is 6.07 Å². The SMILES string of the molecule is N#Cc1ccc(C(=O)N2CCC[C@@](CO)(CC3CC3)C2)cc1. The zero-order valence-corrected chi connectivity index (χ0v) is 12.8. The Morgan fingerprint density at radius 1 is 1.36 bits per heavy atom. The number of rotatable bonds is 4. The van der Waals surface area contributed by atoms with E-state index < -0.39 is 0 Å². The van der Waals surface area contributed by atoms with Gasteiger partial charge in [0.25, 0.3) is 5.91 Å². The summed E-state index contributed by atoms with van der Waals surface area (Å²) in [7, 11) is 0. The molecule has 1 aliphatic heterocycles. The molecule has 4 heteroatoms. The Morgan fingerprint density at radius 3 is 2.68 bits per heavy atom. The van der Waals surface area contributed by atoms with Crippen molar-refractivity contribution in [1.82, 2.24) is 4.90 Å². The van der Waals surface area contributed by atoms with Gasteiger partial charge in [-0.05, 0) is 49.4 Å². The molecule has 1 N–H and O–H groups in total. The molecule has 1 atom stereocenters. The highest BCUT2D eigenvalue weighted by Crippen LogP contribution is 2.44. The van der Waals surface area contributed by atoms with E-state index in [9.17, 15) is 9.90 Å². The summed E-state index contributed by atoms with van der Waals surface area (Å²) in [6, 6.07) is 8.87. The second kappa shape index (κ2) is 6.10. The smallest absolute Gasteiger partial charge is 0.253 e. The van der Waals surface area contributed by atoms with Crippen molar-refractivity contribution in [2.75, 3.05) is 19.7 Å². The summed E-state index contributed by atoms with van der Waals surface area (Å²) in [5.74, 6) is 0.759. The zero-order valence-electron chi connectivity index (χ0n) is 12.8. The Balaban J connectivity index is 1.72. The molecule has 1 aromatic rings. The maximum absolute atomic E-state index is 12.7. The van der Waals surface area contributed by atoms with Crippen LogP contribution >= 0.6 is 0 Å². The molecule has 1 aliphatic carbocycles. The lowest BCUT2D eigenvalue weighted by Crippen LogP contribution is -2.48. The number of hydrogen-bond acceptors (Lipinski definition) is 3. The number of aliphatic hydroxyl groups excluding tert-OH is 1. The van der Waals surface area contributed by atoms with E-state index in [2.05, 4.69) is 6.07 Å². The van der Waals surface area contributed by atoms with Crippen LogP contribution in [-0.2, 0) is 0 Å². The molecule has 2 fully saturated rings. The molecule has 4 nitrogen and oxygen atoms in total. The first-order chi connectivity index (χ1) is 10.7. The molecule has 1 amide bonds. The molecule has 22 heavy (non-hydrogen) atoms. The number of hydrogen-bond donors (Lipinski definition) is 1. The lowest BCUT2D eigenvalue weighted by molar-refractivity contribution is 0.0196. The number of piperidine rings is 1. The molecule has 2 aliphatic rings. The number of likely N-dealkylation sites (tertiary alicyclic amines) is 1. The number of nitriles is 1. The van der Waals surface area contributed by atoms with Gasteiger partial charge in [0.1, 0.15) is 0 Å². The van der Waals surface area contributed by atoms with Crippen LogP contribution in [0.2, 0.25) is 0 Å². The Kier molecular flexibility index (Phi) is 4.17. The summed E-state index contributed by atoms with van der Waals surface area (Å²) in [6.07, 6.45) is 5.55. The van der Waals surface area contributed by atoms with Gasteiger partial charge in [0.05, 0.1) is 18.2 Å². The first-order valence-electron chi connectivity index (χ1n) is 8.06. The van der Waals surface area contributed by atoms with Crippen molar-refractivity contribution in [3.05, 3.63) is 35.4 Å². The van der Waals surface area contributed by atoms with Gasteiger partial charge in [0, 0.05) is 24.1 Å². The van der Waals surface area contributed by atoms with Gasteiger partial charge >= 0.3 is 0 Å². The van der Waals surface area contributed by atoms with E-state index in [0.29, 0.717) is 17.7 Å². The van der Waals surface area contributed by atoms with E-state index in [1.54, 1.807) is 24.3 Å². The van der Waals surface area contributed by atoms with Crippen molar-refractivity contribution >= 4 is 5.91 Å². The number of aliphatic hydroxyl groups is 1. The highest BCUT2D eigenvalue weighted by atomic mass is 16.3.